The van der Waals surface area contributed by atoms with Crippen molar-refractivity contribution in [2.45, 2.75) is 46.0 Å². The summed E-state index contributed by atoms with van der Waals surface area (Å²) in [6, 6.07) is 9.04. The predicted molar refractivity (Wildman–Crippen MR) is 66.2 cm³/mol. The number of hydrogen-bond donors (Lipinski definition) is 0. The largest absolute Gasteiger partial charge is 0.0622 e. The SMILES string of the molecule is CC(C)C1CC(C)C(C)c2ccccc21. The molecule has 0 saturated heterocycles. The maximum atomic E-state index is 2.40. The van der Waals surface area contributed by atoms with Crippen molar-refractivity contribution in [2.75, 3.05) is 0 Å². The Labute approximate surface area is 93.7 Å². The van der Waals surface area contributed by atoms with Crippen molar-refractivity contribution in [2.24, 2.45) is 11.8 Å². The Bertz CT molecular complexity index is 338. The molecule has 0 heteroatoms. The molecule has 1 aliphatic rings. The van der Waals surface area contributed by atoms with Crippen LogP contribution in [0.5, 0.6) is 0 Å². The molecule has 0 fully saturated rings. The normalized spacial score (nSPS) is 30.3. The van der Waals surface area contributed by atoms with Crippen LogP contribution in [0.15, 0.2) is 24.3 Å². The summed E-state index contributed by atoms with van der Waals surface area (Å²) in [6.45, 7) is 9.48. The zero-order valence-electron chi connectivity index (χ0n) is 10.3. The van der Waals surface area contributed by atoms with E-state index in [-0.39, 0.29) is 0 Å². The number of benzene rings is 1. The van der Waals surface area contributed by atoms with Gasteiger partial charge in [0.25, 0.3) is 0 Å². The van der Waals surface area contributed by atoms with Crippen molar-refractivity contribution >= 4 is 0 Å². The van der Waals surface area contributed by atoms with Gasteiger partial charge in [0, 0.05) is 0 Å². The van der Waals surface area contributed by atoms with Crippen molar-refractivity contribution in [1.82, 2.24) is 0 Å². The van der Waals surface area contributed by atoms with E-state index in [1.54, 1.807) is 11.1 Å². The molecule has 3 atom stereocenters. The maximum Gasteiger partial charge on any atom is -0.0133 e. The summed E-state index contributed by atoms with van der Waals surface area (Å²) in [5.74, 6) is 3.09. The highest BCUT2D eigenvalue weighted by molar-refractivity contribution is 5.36. The van der Waals surface area contributed by atoms with E-state index in [1.165, 1.54) is 6.42 Å². The Morgan fingerprint density at radius 3 is 2.27 bits per heavy atom. The van der Waals surface area contributed by atoms with E-state index in [0.29, 0.717) is 0 Å². The summed E-state index contributed by atoms with van der Waals surface area (Å²) >= 11 is 0. The van der Waals surface area contributed by atoms with Crippen LogP contribution in [0.2, 0.25) is 0 Å². The summed E-state index contributed by atoms with van der Waals surface area (Å²) in [5, 5.41) is 0. The van der Waals surface area contributed by atoms with Gasteiger partial charge >= 0.3 is 0 Å². The second kappa shape index (κ2) is 4.00. The first-order chi connectivity index (χ1) is 7.11. The van der Waals surface area contributed by atoms with Gasteiger partial charge in [0.2, 0.25) is 0 Å². The average Bonchev–Trinajstić information content (AvgIpc) is 2.23. The Morgan fingerprint density at radius 2 is 1.67 bits per heavy atom. The summed E-state index contributed by atoms with van der Waals surface area (Å²) in [6.07, 6.45) is 1.36. The Hall–Kier alpha value is -0.780. The van der Waals surface area contributed by atoms with E-state index >= 15 is 0 Å². The predicted octanol–water partition coefficient (Wildman–Crippen LogP) is 4.57. The van der Waals surface area contributed by atoms with Gasteiger partial charge in [-0.3, -0.25) is 0 Å². The minimum atomic E-state index is 0.733. The Morgan fingerprint density at radius 1 is 1.07 bits per heavy atom. The van der Waals surface area contributed by atoms with Crippen molar-refractivity contribution in [3.63, 3.8) is 0 Å². The van der Waals surface area contributed by atoms with E-state index in [9.17, 15) is 0 Å². The summed E-state index contributed by atoms with van der Waals surface area (Å²) in [4.78, 5) is 0. The van der Waals surface area contributed by atoms with Crippen LogP contribution in [0.1, 0.15) is 57.1 Å². The molecule has 0 spiro atoms. The highest BCUT2D eigenvalue weighted by Crippen LogP contribution is 2.44. The molecular weight excluding hydrogens is 180 g/mol. The zero-order valence-corrected chi connectivity index (χ0v) is 10.3. The van der Waals surface area contributed by atoms with E-state index < -0.39 is 0 Å². The first-order valence-corrected chi connectivity index (χ1v) is 6.20. The number of rotatable bonds is 1. The molecule has 0 aliphatic heterocycles. The molecule has 1 aromatic carbocycles. The van der Waals surface area contributed by atoms with Gasteiger partial charge < -0.3 is 0 Å². The zero-order chi connectivity index (χ0) is 11.0. The van der Waals surface area contributed by atoms with Crippen molar-refractivity contribution in [3.8, 4) is 0 Å². The second-order valence-electron chi connectivity index (χ2n) is 5.48. The Kier molecular flexibility index (Phi) is 2.86. The van der Waals surface area contributed by atoms with Gasteiger partial charge in [-0.15, -0.1) is 0 Å². The minimum Gasteiger partial charge on any atom is -0.0622 e. The lowest BCUT2D eigenvalue weighted by Crippen LogP contribution is -2.23. The summed E-state index contributed by atoms with van der Waals surface area (Å²) in [5.41, 5.74) is 3.20. The van der Waals surface area contributed by atoms with Gasteiger partial charge in [-0.05, 0) is 41.2 Å². The van der Waals surface area contributed by atoms with E-state index in [1.807, 2.05) is 0 Å². The van der Waals surface area contributed by atoms with Crippen LogP contribution in [0.25, 0.3) is 0 Å². The van der Waals surface area contributed by atoms with Gasteiger partial charge in [-0.25, -0.2) is 0 Å². The molecule has 0 radical (unpaired) electrons. The average molecular weight is 202 g/mol. The molecule has 0 N–H and O–H groups in total. The topological polar surface area (TPSA) is 0 Å². The van der Waals surface area contributed by atoms with Gasteiger partial charge in [0.15, 0.2) is 0 Å². The summed E-state index contributed by atoms with van der Waals surface area (Å²) in [7, 11) is 0. The molecular formula is C15H22. The van der Waals surface area contributed by atoms with Crippen LogP contribution in [0.4, 0.5) is 0 Å². The molecule has 0 nitrogen and oxygen atoms in total. The Balaban J connectivity index is 2.45. The standard InChI is InChI=1S/C15H22/c1-10(2)15-9-11(3)12(4)13-7-5-6-8-14(13)15/h5-8,10-12,15H,9H2,1-4H3. The molecule has 82 valence electrons. The third kappa shape index (κ3) is 1.82. The van der Waals surface area contributed by atoms with Crippen LogP contribution < -0.4 is 0 Å². The molecule has 3 unspecified atom stereocenters. The van der Waals surface area contributed by atoms with Gasteiger partial charge in [0.1, 0.15) is 0 Å². The molecule has 0 bridgehead atoms. The van der Waals surface area contributed by atoms with Crippen molar-refractivity contribution in [1.29, 1.82) is 0 Å². The maximum absolute atomic E-state index is 2.40. The number of fused-ring (bicyclic) bond motifs is 1. The third-order valence-electron chi connectivity index (χ3n) is 4.17. The molecule has 0 heterocycles. The molecule has 15 heavy (non-hydrogen) atoms. The van der Waals surface area contributed by atoms with Crippen LogP contribution >= 0.6 is 0 Å². The van der Waals surface area contributed by atoms with Gasteiger partial charge in [-0.2, -0.15) is 0 Å². The molecule has 1 aromatic rings. The lowest BCUT2D eigenvalue weighted by Gasteiger charge is -2.36. The fraction of sp³-hybridized carbons (Fsp3) is 0.600. The van der Waals surface area contributed by atoms with Crippen LogP contribution in [-0.4, -0.2) is 0 Å². The van der Waals surface area contributed by atoms with Crippen molar-refractivity contribution < 1.29 is 0 Å². The second-order valence-corrected chi connectivity index (χ2v) is 5.48. The third-order valence-corrected chi connectivity index (χ3v) is 4.17. The van der Waals surface area contributed by atoms with E-state index in [2.05, 4.69) is 52.0 Å². The smallest absolute Gasteiger partial charge is 0.0133 e. The number of hydrogen-bond acceptors (Lipinski definition) is 0. The van der Waals surface area contributed by atoms with Crippen molar-refractivity contribution in [3.05, 3.63) is 35.4 Å². The van der Waals surface area contributed by atoms with Gasteiger partial charge in [0.05, 0.1) is 0 Å². The highest BCUT2D eigenvalue weighted by atomic mass is 14.3. The van der Waals surface area contributed by atoms with Crippen LogP contribution in [0.3, 0.4) is 0 Å². The monoisotopic (exact) mass is 202 g/mol. The van der Waals surface area contributed by atoms with Crippen LogP contribution in [-0.2, 0) is 0 Å². The van der Waals surface area contributed by atoms with E-state index in [0.717, 1.165) is 23.7 Å². The molecule has 0 amide bonds. The minimum absolute atomic E-state index is 0.733. The first kappa shape index (κ1) is 10.7. The molecule has 1 aliphatic carbocycles. The fourth-order valence-corrected chi connectivity index (χ4v) is 2.93. The molecule has 0 aromatic heterocycles. The lowest BCUT2D eigenvalue weighted by atomic mass is 9.68. The molecule has 2 rings (SSSR count). The van der Waals surface area contributed by atoms with E-state index in [4.69, 9.17) is 0 Å². The van der Waals surface area contributed by atoms with Gasteiger partial charge in [-0.1, -0.05) is 52.0 Å². The lowest BCUT2D eigenvalue weighted by molar-refractivity contribution is 0.327. The first-order valence-electron chi connectivity index (χ1n) is 6.20. The fourth-order valence-electron chi connectivity index (χ4n) is 2.93. The quantitative estimate of drug-likeness (QED) is 0.626. The molecule has 0 saturated carbocycles. The summed E-state index contributed by atoms with van der Waals surface area (Å²) < 4.78 is 0. The van der Waals surface area contributed by atoms with Crippen LogP contribution in [0, 0.1) is 11.8 Å². The highest BCUT2D eigenvalue weighted by Gasteiger charge is 2.30.